The van der Waals surface area contributed by atoms with E-state index >= 15 is 0 Å². The van der Waals surface area contributed by atoms with Crippen molar-refractivity contribution >= 4 is 99.5 Å². The van der Waals surface area contributed by atoms with Crippen molar-refractivity contribution < 1.29 is 8.83 Å². The summed E-state index contributed by atoms with van der Waals surface area (Å²) in [6, 6.07) is 77.5. The fourth-order valence-corrected chi connectivity index (χ4v) is 9.06. The second kappa shape index (κ2) is 13.8. The third kappa shape index (κ3) is 5.46. The van der Waals surface area contributed by atoms with Crippen LogP contribution in [0, 0.1) is 0 Å². The maximum absolute atomic E-state index is 6.76. The Labute approximate surface area is 346 Å². The largest absolute Gasteiger partial charge is 0.454 e. The maximum atomic E-state index is 6.76. The summed E-state index contributed by atoms with van der Waals surface area (Å²) in [6.07, 6.45) is 0. The lowest BCUT2D eigenvalue weighted by Crippen LogP contribution is -2.14. The van der Waals surface area contributed by atoms with Crippen LogP contribution in [0.15, 0.2) is 227 Å². The molecule has 4 nitrogen and oxygen atoms in total. The minimum Gasteiger partial charge on any atom is -0.454 e. The van der Waals surface area contributed by atoms with Crippen molar-refractivity contribution in [3.05, 3.63) is 218 Å². The van der Waals surface area contributed by atoms with Crippen molar-refractivity contribution in [1.29, 1.82) is 0 Å². The molecule has 0 unspecified atom stereocenters. The molecule has 0 saturated carbocycles. The Hall–Kier alpha value is -8.08. The average molecular weight is 769 g/mol. The van der Waals surface area contributed by atoms with E-state index in [1.807, 2.05) is 24.3 Å². The molecule has 4 heteroatoms. The Morgan fingerprint density at radius 3 is 1.12 bits per heavy atom. The Morgan fingerprint density at radius 1 is 0.267 bits per heavy atom. The number of furan rings is 2. The van der Waals surface area contributed by atoms with E-state index in [0.717, 1.165) is 99.9 Å². The van der Waals surface area contributed by atoms with Gasteiger partial charge in [-0.3, -0.25) is 0 Å². The second-order valence-electron chi connectivity index (χ2n) is 15.3. The monoisotopic (exact) mass is 768 g/mol. The predicted octanol–water partition coefficient (Wildman–Crippen LogP) is 16.4. The predicted molar refractivity (Wildman–Crippen MR) is 251 cm³/mol. The molecule has 0 aliphatic rings. The van der Waals surface area contributed by atoms with E-state index in [9.17, 15) is 0 Å². The van der Waals surface area contributed by atoms with E-state index in [-0.39, 0.29) is 0 Å². The molecule has 0 spiro atoms. The van der Waals surface area contributed by atoms with Crippen molar-refractivity contribution in [3.63, 3.8) is 0 Å². The van der Waals surface area contributed by atoms with Crippen LogP contribution in [0.3, 0.4) is 0 Å². The van der Waals surface area contributed by atoms with Crippen LogP contribution in [0.2, 0.25) is 0 Å². The fourth-order valence-electron chi connectivity index (χ4n) is 9.06. The zero-order valence-corrected chi connectivity index (χ0v) is 32.5. The lowest BCUT2D eigenvalue weighted by atomic mass is 9.97. The molecule has 0 aliphatic carbocycles. The normalized spacial score (nSPS) is 11.7. The summed E-state index contributed by atoms with van der Waals surface area (Å²) in [5.74, 6) is 0. The highest BCUT2D eigenvalue weighted by atomic mass is 16.3. The lowest BCUT2D eigenvalue weighted by Gasteiger charge is -2.31. The molecule has 0 bridgehead atoms. The van der Waals surface area contributed by atoms with Gasteiger partial charge in [-0.1, -0.05) is 158 Å². The molecule has 0 atom stereocenters. The molecular weight excluding hydrogens is 733 g/mol. The summed E-state index contributed by atoms with van der Waals surface area (Å²) in [7, 11) is 0. The van der Waals surface area contributed by atoms with Gasteiger partial charge in [0.25, 0.3) is 0 Å². The molecule has 282 valence electrons. The van der Waals surface area contributed by atoms with Crippen LogP contribution in [0.4, 0.5) is 34.1 Å². The van der Waals surface area contributed by atoms with Crippen LogP contribution in [-0.2, 0) is 0 Å². The van der Waals surface area contributed by atoms with E-state index in [0.29, 0.717) is 0 Å². The van der Waals surface area contributed by atoms with Gasteiger partial charge in [-0.25, -0.2) is 0 Å². The Bertz CT molecular complexity index is 3360. The fraction of sp³-hybridized carbons (Fsp3) is 0. The molecule has 0 fully saturated rings. The third-order valence-electron chi connectivity index (χ3n) is 11.8. The third-order valence-corrected chi connectivity index (χ3v) is 11.8. The number of rotatable bonds is 7. The van der Waals surface area contributed by atoms with Gasteiger partial charge in [0.1, 0.15) is 11.2 Å². The van der Waals surface area contributed by atoms with E-state index in [4.69, 9.17) is 8.83 Å². The quantitative estimate of drug-likeness (QED) is 0.162. The van der Waals surface area contributed by atoms with Crippen molar-refractivity contribution in [3.8, 4) is 11.1 Å². The van der Waals surface area contributed by atoms with Gasteiger partial charge in [0.2, 0.25) is 0 Å². The molecule has 0 aliphatic heterocycles. The Balaban J connectivity index is 1.13. The van der Waals surface area contributed by atoms with Crippen molar-refractivity contribution in [2.24, 2.45) is 0 Å². The van der Waals surface area contributed by atoms with Gasteiger partial charge in [0.15, 0.2) is 11.2 Å². The minimum atomic E-state index is 0.837. The molecular formula is C56H36N2O2. The summed E-state index contributed by atoms with van der Waals surface area (Å²) >= 11 is 0. The number of hydrogen-bond donors (Lipinski definition) is 0. The van der Waals surface area contributed by atoms with Gasteiger partial charge < -0.3 is 18.6 Å². The summed E-state index contributed by atoms with van der Waals surface area (Å²) < 4.78 is 13.5. The van der Waals surface area contributed by atoms with Crippen molar-refractivity contribution in [1.82, 2.24) is 0 Å². The van der Waals surface area contributed by atoms with E-state index in [1.54, 1.807) is 0 Å². The number of para-hydroxylation sites is 6. The summed E-state index contributed by atoms with van der Waals surface area (Å²) in [5.41, 5.74) is 11.6. The van der Waals surface area contributed by atoms with Crippen LogP contribution in [-0.4, -0.2) is 0 Å². The molecule has 10 aromatic carbocycles. The first-order valence-electron chi connectivity index (χ1n) is 20.3. The SMILES string of the molecule is c1ccc(N(c2ccc3ccccc3c2)c2cccc3c2oc2ccccc23)c(-c2ccccc2N(c2ccc3ccccc3c2)c2cccc3c2oc2ccccc23)c1. The molecule has 0 saturated heterocycles. The van der Waals surface area contributed by atoms with E-state index in [2.05, 4.69) is 204 Å². The first-order valence-corrected chi connectivity index (χ1v) is 20.3. The van der Waals surface area contributed by atoms with Crippen molar-refractivity contribution in [2.75, 3.05) is 9.80 Å². The highest BCUT2D eigenvalue weighted by Crippen LogP contribution is 2.50. The smallest absolute Gasteiger partial charge is 0.159 e. The van der Waals surface area contributed by atoms with Crippen LogP contribution < -0.4 is 9.80 Å². The maximum Gasteiger partial charge on any atom is 0.159 e. The molecule has 0 N–H and O–H groups in total. The summed E-state index contributed by atoms with van der Waals surface area (Å²) in [4.78, 5) is 4.73. The van der Waals surface area contributed by atoms with Crippen LogP contribution in [0.5, 0.6) is 0 Å². The zero-order chi connectivity index (χ0) is 39.6. The minimum absolute atomic E-state index is 0.837. The number of fused-ring (bicyclic) bond motifs is 8. The topological polar surface area (TPSA) is 32.8 Å². The number of anilines is 6. The molecule has 0 amide bonds. The molecule has 12 aromatic rings. The summed E-state index contributed by atoms with van der Waals surface area (Å²) in [5, 5.41) is 9.04. The molecule has 0 radical (unpaired) electrons. The van der Waals surface area contributed by atoms with Gasteiger partial charge >= 0.3 is 0 Å². The number of benzene rings is 10. The van der Waals surface area contributed by atoms with Gasteiger partial charge in [-0.2, -0.15) is 0 Å². The Morgan fingerprint density at radius 2 is 0.633 bits per heavy atom. The van der Waals surface area contributed by atoms with Crippen LogP contribution >= 0.6 is 0 Å². The van der Waals surface area contributed by atoms with E-state index < -0.39 is 0 Å². The van der Waals surface area contributed by atoms with Crippen molar-refractivity contribution in [2.45, 2.75) is 0 Å². The second-order valence-corrected chi connectivity index (χ2v) is 15.3. The molecule has 2 heterocycles. The van der Waals surface area contributed by atoms with Gasteiger partial charge in [0.05, 0.1) is 22.7 Å². The lowest BCUT2D eigenvalue weighted by molar-refractivity contribution is 0.668. The average Bonchev–Trinajstić information content (AvgIpc) is 3.89. The first kappa shape index (κ1) is 34.0. The highest BCUT2D eigenvalue weighted by Gasteiger charge is 2.26. The van der Waals surface area contributed by atoms with Gasteiger partial charge in [-0.05, 0) is 82.2 Å². The zero-order valence-electron chi connectivity index (χ0n) is 32.5. The molecule has 12 rings (SSSR count). The highest BCUT2D eigenvalue weighted by molar-refractivity contribution is 6.13. The molecule has 60 heavy (non-hydrogen) atoms. The van der Waals surface area contributed by atoms with Crippen LogP contribution in [0.25, 0.3) is 76.5 Å². The standard InChI is InChI=1S/C56H36N2O2/c1-3-17-39-35-41(33-31-37(39)15-1)57(51-27-13-23-47-45-21-7-11-29-53(45)59-55(47)51)49-25-9-5-19-43(49)44-20-6-10-26-50(44)58(42-34-32-38-16-2-4-18-40(38)36-42)52-28-14-24-48-46-22-8-12-30-54(46)60-56(48)52/h1-36H. The van der Waals surface area contributed by atoms with Crippen LogP contribution in [0.1, 0.15) is 0 Å². The number of hydrogen-bond acceptors (Lipinski definition) is 4. The molecule has 2 aromatic heterocycles. The van der Waals surface area contributed by atoms with Gasteiger partial charge in [0, 0.05) is 44.0 Å². The Kier molecular flexibility index (Phi) is 7.82. The van der Waals surface area contributed by atoms with Gasteiger partial charge in [-0.15, -0.1) is 0 Å². The van der Waals surface area contributed by atoms with E-state index in [1.165, 1.54) is 10.8 Å². The first-order chi connectivity index (χ1) is 29.8. The summed E-state index contributed by atoms with van der Waals surface area (Å²) in [6.45, 7) is 0. The number of nitrogens with zero attached hydrogens (tertiary/aromatic N) is 2.